The lowest BCUT2D eigenvalue weighted by atomic mass is 9.84. The molecular weight excluding hydrogens is 322 g/mol. The number of benzene rings is 2. The summed E-state index contributed by atoms with van der Waals surface area (Å²) in [5, 5.41) is 18.6. The van der Waals surface area contributed by atoms with Gasteiger partial charge in [-0.15, -0.1) is 0 Å². The summed E-state index contributed by atoms with van der Waals surface area (Å²) in [5.41, 5.74) is 2.80. The van der Waals surface area contributed by atoms with Crippen LogP contribution in [-0.4, -0.2) is 54.0 Å². The quantitative estimate of drug-likeness (QED) is 0.928. The molecule has 0 radical (unpaired) electrons. The second kappa shape index (κ2) is 7.06. The molecule has 4 nitrogen and oxygen atoms in total. The lowest BCUT2D eigenvalue weighted by molar-refractivity contribution is 0.111. The number of nitrogens with zero attached hydrogens (tertiary/aromatic N) is 3. The zero-order valence-electron chi connectivity index (χ0n) is 15.2. The topological polar surface area (TPSA) is 39.1 Å². The van der Waals surface area contributed by atoms with E-state index in [9.17, 15) is 5.11 Å². The third-order valence-electron chi connectivity index (χ3n) is 5.28. The van der Waals surface area contributed by atoms with Gasteiger partial charge in [0.25, 0.3) is 0 Å². The van der Waals surface area contributed by atoms with Crippen molar-refractivity contribution in [3.05, 3.63) is 77.9 Å². The molecule has 2 aliphatic rings. The first kappa shape index (κ1) is 17.0. The number of hydrogen-bond donors (Lipinski definition) is 1. The number of allylic oxidation sites excluding steroid dienone is 1. The fraction of sp³-hybridized carbons (Fsp3) is 0.318. The largest absolute Gasteiger partial charge is 0.380 e. The molecule has 1 fully saturated rings. The van der Waals surface area contributed by atoms with E-state index in [0.717, 1.165) is 48.6 Å². The van der Waals surface area contributed by atoms with Crippen LogP contribution in [0.1, 0.15) is 17.5 Å². The molecule has 1 atom stereocenters. The zero-order chi connectivity index (χ0) is 18.0. The molecule has 2 aromatic carbocycles. The molecule has 0 aromatic heterocycles. The van der Waals surface area contributed by atoms with Gasteiger partial charge < -0.3 is 10.0 Å². The highest BCUT2D eigenvalue weighted by molar-refractivity contribution is 6.08. The van der Waals surface area contributed by atoms with Crippen molar-refractivity contribution in [3.63, 3.8) is 0 Å². The molecule has 0 amide bonds. The number of rotatable bonds is 3. The van der Waals surface area contributed by atoms with Crippen LogP contribution in [0.25, 0.3) is 5.57 Å². The van der Waals surface area contributed by atoms with Gasteiger partial charge in [-0.1, -0.05) is 60.7 Å². The van der Waals surface area contributed by atoms with E-state index >= 15 is 0 Å². The fourth-order valence-electron chi connectivity index (χ4n) is 3.75. The summed E-state index contributed by atoms with van der Waals surface area (Å²) < 4.78 is 0. The van der Waals surface area contributed by atoms with E-state index in [-0.39, 0.29) is 0 Å². The second-order valence-corrected chi connectivity index (χ2v) is 7.18. The van der Waals surface area contributed by atoms with Crippen LogP contribution in [0, 0.1) is 0 Å². The van der Waals surface area contributed by atoms with Gasteiger partial charge in [-0.3, -0.25) is 5.01 Å². The van der Waals surface area contributed by atoms with E-state index in [0.29, 0.717) is 6.42 Å². The number of likely N-dealkylation sites (N-methyl/N-ethyl adjacent to an activating group) is 1. The molecule has 1 N–H and O–H groups in total. The van der Waals surface area contributed by atoms with Gasteiger partial charge >= 0.3 is 0 Å². The number of hydrazone groups is 1. The molecule has 26 heavy (non-hydrogen) atoms. The highest BCUT2D eigenvalue weighted by atomic mass is 16.3. The lowest BCUT2D eigenvalue weighted by Gasteiger charge is -2.31. The molecule has 0 spiro atoms. The maximum atomic E-state index is 11.6. The van der Waals surface area contributed by atoms with Crippen LogP contribution in [0.3, 0.4) is 0 Å². The van der Waals surface area contributed by atoms with Crippen molar-refractivity contribution < 1.29 is 5.11 Å². The molecule has 1 unspecified atom stereocenters. The van der Waals surface area contributed by atoms with Crippen molar-refractivity contribution in [3.8, 4) is 0 Å². The van der Waals surface area contributed by atoms with Gasteiger partial charge in [0.15, 0.2) is 0 Å². The first-order chi connectivity index (χ1) is 12.6. The molecule has 1 saturated heterocycles. The van der Waals surface area contributed by atoms with E-state index in [1.807, 2.05) is 48.5 Å². The maximum absolute atomic E-state index is 11.6. The van der Waals surface area contributed by atoms with Crippen molar-refractivity contribution >= 4 is 11.3 Å². The molecule has 1 aliphatic carbocycles. The van der Waals surface area contributed by atoms with Crippen molar-refractivity contribution in [2.24, 2.45) is 5.10 Å². The average Bonchev–Trinajstić information content (AvgIpc) is 3.02. The van der Waals surface area contributed by atoms with E-state index < -0.39 is 5.60 Å². The highest BCUT2D eigenvalue weighted by Gasteiger charge is 2.40. The SMILES string of the molecule is CN1CCN(/N=C2/C=C(c3ccccc3)C(O)(c3ccccc3)C2)CC1. The summed E-state index contributed by atoms with van der Waals surface area (Å²) in [4.78, 5) is 2.32. The van der Waals surface area contributed by atoms with E-state index in [1.54, 1.807) is 0 Å². The van der Waals surface area contributed by atoms with Crippen LogP contribution in [0.4, 0.5) is 0 Å². The highest BCUT2D eigenvalue weighted by Crippen LogP contribution is 2.44. The summed E-state index contributed by atoms with van der Waals surface area (Å²) in [6, 6.07) is 20.1. The van der Waals surface area contributed by atoms with Crippen molar-refractivity contribution in [2.75, 3.05) is 33.2 Å². The summed E-state index contributed by atoms with van der Waals surface area (Å²) in [7, 11) is 2.14. The van der Waals surface area contributed by atoms with E-state index in [4.69, 9.17) is 5.10 Å². The fourth-order valence-corrected chi connectivity index (χ4v) is 3.75. The summed E-state index contributed by atoms with van der Waals surface area (Å²) in [5.74, 6) is 0. The Morgan fingerprint density at radius 2 is 1.50 bits per heavy atom. The Hall–Kier alpha value is -2.43. The van der Waals surface area contributed by atoms with Crippen LogP contribution < -0.4 is 0 Å². The molecule has 134 valence electrons. The van der Waals surface area contributed by atoms with Crippen molar-refractivity contribution in [2.45, 2.75) is 12.0 Å². The first-order valence-electron chi connectivity index (χ1n) is 9.22. The Bertz CT molecular complexity index is 808. The first-order valence-corrected chi connectivity index (χ1v) is 9.22. The van der Waals surface area contributed by atoms with Gasteiger partial charge in [0.2, 0.25) is 0 Å². The second-order valence-electron chi connectivity index (χ2n) is 7.18. The zero-order valence-corrected chi connectivity index (χ0v) is 15.2. The normalized spacial score (nSPS) is 25.5. The molecule has 1 aliphatic heterocycles. The molecule has 0 saturated carbocycles. The van der Waals surface area contributed by atoms with Gasteiger partial charge in [0, 0.05) is 32.6 Å². The van der Waals surface area contributed by atoms with Gasteiger partial charge in [0.1, 0.15) is 5.60 Å². The minimum atomic E-state index is -1.03. The van der Waals surface area contributed by atoms with Gasteiger partial charge in [-0.25, -0.2) is 0 Å². The van der Waals surface area contributed by atoms with Crippen LogP contribution >= 0.6 is 0 Å². The minimum absolute atomic E-state index is 0.508. The summed E-state index contributed by atoms with van der Waals surface area (Å²) in [6.07, 6.45) is 2.58. The Balaban J connectivity index is 1.70. The molecule has 4 rings (SSSR count). The Labute approximate surface area is 155 Å². The molecule has 0 bridgehead atoms. The monoisotopic (exact) mass is 347 g/mol. The van der Waals surface area contributed by atoms with E-state index in [1.165, 1.54) is 0 Å². The van der Waals surface area contributed by atoms with Gasteiger partial charge in [-0.2, -0.15) is 5.10 Å². The lowest BCUT2D eigenvalue weighted by Crippen LogP contribution is -2.42. The van der Waals surface area contributed by atoms with Crippen LogP contribution in [0.2, 0.25) is 0 Å². The third kappa shape index (κ3) is 3.30. The predicted octanol–water partition coefficient (Wildman–Crippen LogP) is 2.96. The maximum Gasteiger partial charge on any atom is 0.121 e. The number of hydrogen-bond acceptors (Lipinski definition) is 4. The molecular formula is C22H25N3O. The Morgan fingerprint density at radius 1 is 0.885 bits per heavy atom. The standard InChI is InChI=1S/C22H25N3O/c1-24-12-14-25(15-13-24)23-20-16-21(18-8-4-2-5-9-18)22(26,17-20)19-10-6-3-7-11-19/h2-11,16,26H,12-15,17H2,1H3/b23-20-. The summed E-state index contributed by atoms with van der Waals surface area (Å²) >= 11 is 0. The average molecular weight is 347 g/mol. The number of aliphatic hydroxyl groups is 1. The Morgan fingerprint density at radius 3 is 2.15 bits per heavy atom. The smallest absolute Gasteiger partial charge is 0.121 e. The molecule has 1 heterocycles. The van der Waals surface area contributed by atoms with Crippen LogP contribution in [0.15, 0.2) is 71.8 Å². The van der Waals surface area contributed by atoms with Gasteiger partial charge in [0.05, 0.1) is 5.71 Å². The number of piperazine rings is 1. The van der Waals surface area contributed by atoms with Crippen LogP contribution in [-0.2, 0) is 5.60 Å². The van der Waals surface area contributed by atoms with Crippen molar-refractivity contribution in [1.82, 2.24) is 9.91 Å². The molecule has 2 aromatic rings. The predicted molar refractivity (Wildman–Crippen MR) is 106 cm³/mol. The molecule has 4 heteroatoms. The summed E-state index contributed by atoms with van der Waals surface area (Å²) in [6.45, 7) is 3.90. The van der Waals surface area contributed by atoms with Crippen molar-refractivity contribution in [1.29, 1.82) is 0 Å². The Kier molecular flexibility index (Phi) is 4.62. The van der Waals surface area contributed by atoms with E-state index in [2.05, 4.69) is 35.2 Å². The van der Waals surface area contributed by atoms with Crippen LogP contribution in [0.5, 0.6) is 0 Å². The van der Waals surface area contributed by atoms with Gasteiger partial charge in [-0.05, 0) is 29.8 Å². The third-order valence-corrected chi connectivity index (χ3v) is 5.28. The minimum Gasteiger partial charge on any atom is -0.380 e.